The molecule has 1 aromatic heterocycles. The molecular weight excluding hydrogens is 160 g/mol. The van der Waals surface area contributed by atoms with Gasteiger partial charge in [-0.25, -0.2) is 0 Å². The number of hydrogen-bond donors (Lipinski definition) is 1. The molecule has 6 heteroatoms. The van der Waals surface area contributed by atoms with Gasteiger partial charge in [-0.3, -0.25) is 14.8 Å². The molecule has 0 aromatic carbocycles. The van der Waals surface area contributed by atoms with E-state index in [1.807, 2.05) is 0 Å². The van der Waals surface area contributed by atoms with Crippen molar-refractivity contribution in [2.75, 3.05) is 0 Å². The standard InChI is InChI=1S/C6H10N4O2/c1-4(7)6-5(10(11)12)3-8-9(6)2/h3-4H,7H2,1-2H3/t4-/m1/s1. The topological polar surface area (TPSA) is 87.0 Å². The van der Waals surface area contributed by atoms with Crippen LogP contribution in [-0.2, 0) is 7.05 Å². The Bertz CT molecular complexity index is 304. The maximum absolute atomic E-state index is 10.4. The molecule has 0 saturated heterocycles. The molecule has 6 nitrogen and oxygen atoms in total. The first-order valence-corrected chi connectivity index (χ1v) is 3.46. The highest BCUT2D eigenvalue weighted by Gasteiger charge is 2.21. The summed E-state index contributed by atoms with van der Waals surface area (Å²) in [5, 5.41) is 14.2. The average molecular weight is 170 g/mol. The van der Waals surface area contributed by atoms with Gasteiger partial charge >= 0.3 is 5.69 Å². The maximum Gasteiger partial charge on any atom is 0.311 e. The van der Waals surface area contributed by atoms with Gasteiger partial charge in [0.25, 0.3) is 0 Å². The Morgan fingerprint density at radius 2 is 2.42 bits per heavy atom. The third kappa shape index (κ3) is 1.28. The SMILES string of the molecule is C[C@@H](N)c1c([N+](=O)[O-])cnn1C. The maximum atomic E-state index is 10.4. The van der Waals surface area contributed by atoms with E-state index in [4.69, 9.17) is 5.73 Å². The smallest absolute Gasteiger partial charge is 0.311 e. The van der Waals surface area contributed by atoms with Crippen LogP contribution in [0.1, 0.15) is 18.7 Å². The molecule has 66 valence electrons. The van der Waals surface area contributed by atoms with Gasteiger partial charge in [-0.05, 0) is 6.92 Å². The van der Waals surface area contributed by atoms with E-state index in [1.165, 1.54) is 10.9 Å². The Morgan fingerprint density at radius 1 is 1.83 bits per heavy atom. The van der Waals surface area contributed by atoms with Crippen LogP contribution in [0.15, 0.2) is 6.20 Å². The van der Waals surface area contributed by atoms with E-state index in [0.717, 1.165) is 0 Å². The fourth-order valence-electron chi connectivity index (χ4n) is 1.10. The van der Waals surface area contributed by atoms with Crippen molar-refractivity contribution in [1.82, 2.24) is 9.78 Å². The number of rotatable bonds is 2. The molecule has 0 unspecified atom stereocenters. The van der Waals surface area contributed by atoms with E-state index in [2.05, 4.69) is 5.10 Å². The summed E-state index contributed by atoms with van der Waals surface area (Å²) >= 11 is 0. The lowest BCUT2D eigenvalue weighted by molar-refractivity contribution is -0.385. The Balaban J connectivity index is 3.21. The molecule has 1 aromatic rings. The summed E-state index contributed by atoms with van der Waals surface area (Å²) in [5.74, 6) is 0. The third-order valence-electron chi connectivity index (χ3n) is 1.59. The van der Waals surface area contributed by atoms with E-state index >= 15 is 0 Å². The summed E-state index contributed by atoms with van der Waals surface area (Å²) in [6, 6.07) is -0.377. The van der Waals surface area contributed by atoms with Crippen LogP contribution in [0.5, 0.6) is 0 Å². The normalized spacial score (nSPS) is 12.9. The van der Waals surface area contributed by atoms with Gasteiger partial charge in [0.2, 0.25) is 0 Å². The molecule has 12 heavy (non-hydrogen) atoms. The molecular formula is C6H10N4O2. The molecule has 1 rings (SSSR count). The summed E-state index contributed by atoms with van der Waals surface area (Å²) in [5.41, 5.74) is 5.96. The van der Waals surface area contributed by atoms with Crippen molar-refractivity contribution in [3.8, 4) is 0 Å². The van der Waals surface area contributed by atoms with Crippen molar-refractivity contribution < 1.29 is 4.92 Å². The Hall–Kier alpha value is -1.43. The van der Waals surface area contributed by atoms with Crippen molar-refractivity contribution >= 4 is 5.69 Å². The molecule has 0 amide bonds. The van der Waals surface area contributed by atoms with Gasteiger partial charge in [-0.2, -0.15) is 5.10 Å². The van der Waals surface area contributed by atoms with Crippen LogP contribution in [0.3, 0.4) is 0 Å². The molecule has 0 saturated carbocycles. The molecule has 0 spiro atoms. The van der Waals surface area contributed by atoms with Crippen LogP contribution < -0.4 is 5.73 Å². The lowest BCUT2D eigenvalue weighted by Gasteiger charge is -2.03. The minimum Gasteiger partial charge on any atom is -0.323 e. The number of aryl methyl sites for hydroxylation is 1. The monoisotopic (exact) mass is 170 g/mol. The molecule has 0 aliphatic heterocycles. The highest BCUT2D eigenvalue weighted by Crippen LogP contribution is 2.21. The van der Waals surface area contributed by atoms with Gasteiger partial charge < -0.3 is 5.73 Å². The number of aromatic nitrogens is 2. The predicted molar refractivity (Wildman–Crippen MR) is 42.5 cm³/mol. The van der Waals surface area contributed by atoms with Crippen LogP contribution in [0, 0.1) is 10.1 Å². The highest BCUT2D eigenvalue weighted by atomic mass is 16.6. The van der Waals surface area contributed by atoms with Gasteiger partial charge in [0, 0.05) is 7.05 Å². The first kappa shape index (κ1) is 8.66. The van der Waals surface area contributed by atoms with E-state index in [-0.39, 0.29) is 11.7 Å². The van der Waals surface area contributed by atoms with Gasteiger partial charge in [0.1, 0.15) is 11.9 Å². The Morgan fingerprint density at radius 3 is 2.75 bits per heavy atom. The fourth-order valence-corrected chi connectivity index (χ4v) is 1.10. The van der Waals surface area contributed by atoms with E-state index in [9.17, 15) is 10.1 Å². The van der Waals surface area contributed by atoms with Crippen molar-refractivity contribution in [3.05, 3.63) is 22.0 Å². The molecule has 1 heterocycles. The Labute approximate surface area is 69.1 Å². The number of nitrogens with two attached hydrogens (primary N) is 1. The van der Waals surface area contributed by atoms with Gasteiger partial charge in [0.15, 0.2) is 0 Å². The third-order valence-corrected chi connectivity index (χ3v) is 1.59. The van der Waals surface area contributed by atoms with Crippen molar-refractivity contribution in [2.24, 2.45) is 12.8 Å². The molecule has 1 atom stereocenters. The lowest BCUT2D eigenvalue weighted by Crippen LogP contribution is -2.12. The van der Waals surface area contributed by atoms with Gasteiger partial charge in [0.05, 0.1) is 11.0 Å². The molecule has 0 radical (unpaired) electrons. The first-order chi connectivity index (χ1) is 5.54. The van der Waals surface area contributed by atoms with E-state index in [0.29, 0.717) is 5.69 Å². The number of nitro groups is 1. The van der Waals surface area contributed by atoms with Crippen LogP contribution in [0.25, 0.3) is 0 Å². The zero-order valence-electron chi connectivity index (χ0n) is 6.89. The second kappa shape index (κ2) is 2.90. The summed E-state index contributed by atoms with van der Waals surface area (Å²) < 4.78 is 1.42. The first-order valence-electron chi connectivity index (χ1n) is 3.46. The fraction of sp³-hybridized carbons (Fsp3) is 0.500. The van der Waals surface area contributed by atoms with Gasteiger partial charge in [-0.1, -0.05) is 0 Å². The summed E-state index contributed by atoms with van der Waals surface area (Å²) in [6.07, 6.45) is 1.21. The van der Waals surface area contributed by atoms with Crippen LogP contribution in [-0.4, -0.2) is 14.7 Å². The quantitative estimate of drug-likeness (QED) is 0.512. The van der Waals surface area contributed by atoms with Crippen molar-refractivity contribution in [1.29, 1.82) is 0 Å². The predicted octanol–water partition coefficient (Wildman–Crippen LogP) is 0.348. The highest BCUT2D eigenvalue weighted by molar-refractivity contribution is 5.34. The van der Waals surface area contributed by atoms with Crippen LogP contribution >= 0.6 is 0 Å². The summed E-state index contributed by atoms with van der Waals surface area (Å²) in [7, 11) is 1.63. The summed E-state index contributed by atoms with van der Waals surface area (Å²) in [4.78, 5) is 9.96. The van der Waals surface area contributed by atoms with Gasteiger partial charge in [-0.15, -0.1) is 0 Å². The molecule has 0 bridgehead atoms. The number of nitrogens with zero attached hydrogens (tertiary/aromatic N) is 3. The molecule has 0 aliphatic carbocycles. The molecule has 0 aliphatic rings. The second-order valence-corrected chi connectivity index (χ2v) is 2.58. The van der Waals surface area contributed by atoms with E-state index in [1.54, 1.807) is 14.0 Å². The second-order valence-electron chi connectivity index (χ2n) is 2.58. The lowest BCUT2D eigenvalue weighted by atomic mass is 10.2. The van der Waals surface area contributed by atoms with Crippen LogP contribution in [0.4, 0.5) is 5.69 Å². The minimum absolute atomic E-state index is 0.0208. The zero-order valence-corrected chi connectivity index (χ0v) is 6.89. The molecule has 0 fully saturated rings. The van der Waals surface area contributed by atoms with E-state index < -0.39 is 4.92 Å². The molecule has 2 N–H and O–H groups in total. The van der Waals surface area contributed by atoms with Crippen molar-refractivity contribution in [3.63, 3.8) is 0 Å². The largest absolute Gasteiger partial charge is 0.323 e. The minimum atomic E-state index is -0.480. The average Bonchev–Trinajstić information content (AvgIpc) is 2.30. The number of hydrogen-bond acceptors (Lipinski definition) is 4. The summed E-state index contributed by atoms with van der Waals surface area (Å²) in [6.45, 7) is 1.68. The zero-order chi connectivity index (χ0) is 9.30. The van der Waals surface area contributed by atoms with Crippen molar-refractivity contribution in [2.45, 2.75) is 13.0 Å². The Kier molecular flexibility index (Phi) is 2.09. The van der Waals surface area contributed by atoms with Crippen LogP contribution in [0.2, 0.25) is 0 Å².